The average molecular weight is 581 g/mol. The lowest BCUT2D eigenvalue weighted by atomic mass is 10.0. The zero-order valence-electron chi connectivity index (χ0n) is 23.7. The van der Waals surface area contributed by atoms with E-state index in [1.165, 1.54) is 6.20 Å². The first-order chi connectivity index (χ1) is 19.6. The highest BCUT2D eigenvalue weighted by molar-refractivity contribution is 6.30. The number of rotatable bonds is 11. The zero-order valence-corrected chi connectivity index (χ0v) is 24.5. The van der Waals surface area contributed by atoms with E-state index in [1.54, 1.807) is 0 Å². The summed E-state index contributed by atoms with van der Waals surface area (Å²) in [7, 11) is 0. The molecule has 1 aromatic heterocycles. The van der Waals surface area contributed by atoms with Gasteiger partial charge in [0.05, 0.1) is 23.9 Å². The van der Waals surface area contributed by atoms with Crippen LogP contribution in [0.1, 0.15) is 73.3 Å². The molecule has 9 nitrogen and oxygen atoms in total. The van der Waals surface area contributed by atoms with E-state index >= 15 is 0 Å². The second-order valence-corrected chi connectivity index (χ2v) is 11.4. The molecule has 1 aliphatic heterocycles. The second kappa shape index (κ2) is 13.7. The molecule has 0 saturated carbocycles. The number of benzene rings is 2. The number of ether oxygens (including phenoxy) is 2. The molecule has 0 unspecified atom stereocenters. The average Bonchev–Trinajstić information content (AvgIpc) is 3.41. The van der Waals surface area contributed by atoms with Gasteiger partial charge in [0.2, 0.25) is 5.95 Å². The van der Waals surface area contributed by atoms with Crippen LogP contribution in [-0.4, -0.2) is 52.4 Å². The number of carbonyl (C=O) groups is 2. The van der Waals surface area contributed by atoms with Crippen LogP contribution in [0.25, 0.3) is 0 Å². The van der Waals surface area contributed by atoms with Crippen LogP contribution in [0.5, 0.6) is 5.75 Å². The molecule has 10 heteroatoms. The number of hydrogen-bond acceptors (Lipinski definition) is 7. The number of anilines is 1. The van der Waals surface area contributed by atoms with Gasteiger partial charge < -0.3 is 24.8 Å². The molecule has 2 N–H and O–H groups in total. The first-order valence-corrected chi connectivity index (χ1v) is 14.3. The van der Waals surface area contributed by atoms with Gasteiger partial charge in [-0.15, -0.1) is 0 Å². The third-order valence-corrected chi connectivity index (χ3v) is 6.93. The lowest BCUT2D eigenvalue weighted by molar-refractivity contribution is 0.0524. The molecule has 0 radical (unpaired) electrons. The molecule has 1 saturated heterocycles. The summed E-state index contributed by atoms with van der Waals surface area (Å²) in [5.74, 6) is 0.239. The van der Waals surface area contributed by atoms with Gasteiger partial charge >= 0.3 is 12.1 Å². The summed E-state index contributed by atoms with van der Waals surface area (Å²) in [6, 6.07) is 15.6. The fourth-order valence-corrected chi connectivity index (χ4v) is 4.86. The van der Waals surface area contributed by atoms with E-state index in [-0.39, 0.29) is 11.6 Å². The van der Waals surface area contributed by atoms with Crippen molar-refractivity contribution in [2.75, 3.05) is 24.6 Å². The van der Waals surface area contributed by atoms with Crippen LogP contribution < -0.4 is 15.0 Å². The van der Waals surface area contributed by atoms with Crippen molar-refractivity contribution in [2.24, 2.45) is 0 Å². The van der Waals surface area contributed by atoms with E-state index < -0.39 is 17.7 Å². The molecule has 0 bridgehead atoms. The van der Waals surface area contributed by atoms with E-state index in [4.69, 9.17) is 26.1 Å². The largest absolute Gasteiger partial charge is 0.494 e. The number of hydrogen-bond donors (Lipinski definition) is 2. The van der Waals surface area contributed by atoms with Gasteiger partial charge in [0.15, 0.2) is 0 Å². The van der Waals surface area contributed by atoms with E-state index in [0.29, 0.717) is 49.1 Å². The number of carboxylic acid groups (broad SMARTS) is 1. The Balaban J connectivity index is 1.32. The summed E-state index contributed by atoms with van der Waals surface area (Å²) in [6.45, 7) is 7.18. The lowest BCUT2D eigenvalue weighted by Crippen LogP contribution is -2.33. The molecule has 2 heterocycles. The number of aryl methyl sites for hydroxylation is 2. The number of halogens is 1. The van der Waals surface area contributed by atoms with Crippen LogP contribution in [0.3, 0.4) is 0 Å². The Labute approximate surface area is 245 Å². The van der Waals surface area contributed by atoms with Gasteiger partial charge in [-0.05, 0) is 88.3 Å². The van der Waals surface area contributed by atoms with Crippen LogP contribution in [0.4, 0.5) is 10.7 Å². The third kappa shape index (κ3) is 8.82. The predicted octanol–water partition coefficient (Wildman–Crippen LogP) is 6.25. The van der Waals surface area contributed by atoms with Crippen molar-refractivity contribution < 1.29 is 24.2 Å². The predicted molar refractivity (Wildman–Crippen MR) is 158 cm³/mol. The molecular weight excluding hydrogens is 544 g/mol. The van der Waals surface area contributed by atoms with Crippen molar-refractivity contribution in [3.8, 4) is 5.75 Å². The maximum absolute atomic E-state index is 11.9. The Morgan fingerprint density at radius 2 is 1.83 bits per heavy atom. The van der Waals surface area contributed by atoms with Gasteiger partial charge in [-0.25, -0.2) is 19.6 Å². The van der Waals surface area contributed by atoms with Crippen LogP contribution in [0.15, 0.2) is 54.7 Å². The van der Waals surface area contributed by atoms with E-state index in [9.17, 15) is 14.7 Å². The van der Waals surface area contributed by atoms with Crippen molar-refractivity contribution in [2.45, 2.75) is 64.5 Å². The van der Waals surface area contributed by atoms with E-state index in [1.807, 2.05) is 69.3 Å². The maximum Gasteiger partial charge on any atom is 0.407 e. The Kier molecular flexibility index (Phi) is 10.0. The summed E-state index contributed by atoms with van der Waals surface area (Å²) in [5, 5.41) is 13.2. The minimum Gasteiger partial charge on any atom is -0.494 e. The monoisotopic (exact) mass is 580 g/mol. The minimum absolute atomic E-state index is 0.121. The van der Waals surface area contributed by atoms with Crippen LogP contribution >= 0.6 is 11.6 Å². The van der Waals surface area contributed by atoms with Gasteiger partial charge in [0.25, 0.3) is 0 Å². The lowest BCUT2D eigenvalue weighted by Gasteiger charge is -2.25. The van der Waals surface area contributed by atoms with Crippen molar-refractivity contribution in [3.63, 3.8) is 0 Å². The number of nitrogens with zero attached hydrogens (tertiary/aromatic N) is 3. The quantitative estimate of drug-likeness (QED) is 0.256. The summed E-state index contributed by atoms with van der Waals surface area (Å²) in [5.41, 5.74) is 2.29. The standard InChI is InChI=1S/C31H37ClN4O5/c1-31(2,3)41-30(39)33-17-5-19-40-24-14-7-21(8-15-24)9-16-26-25(28(37)38)20-34-29(35-26)36-18-4-6-27(36)22-10-12-23(32)13-11-22/h7-8,10-15,20,27H,4-6,9,16-19H2,1-3H3,(H,33,39)(H,37,38)/t27-/m0/s1. The number of nitrogens with one attached hydrogen (secondary N) is 1. The molecule has 0 aliphatic carbocycles. The van der Waals surface area contributed by atoms with Gasteiger partial charge in [0.1, 0.15) is 11.4 Å². The van der Waals surface area contributed by atoms with Crippen molar-refractivity contribution >= 4 is 29.6 Å². The molecule has 3 aromatic rings. The van der Waals surface area contributed by atoms with Gasteiger partial charge in [-0.2, -0.15) is 0 Å². The minimum atomic E-state index is -1.04. The number of alkyl carbamates (subject to hydrolysis) is 1. The molecule has 1 amide bonds. The van der Waals surface area contributed by atoms with Gasteiger partial charge in [-0.3, -0.25) is 0 Å². The Morgan fingerprint density at radius 1 is 1.10 bits per heavy atom. The molecule has 218 valence electrons. The summed E-state index contributed by atoms with van der Waals surface area (Å²) < 4.78 is 11.0. The molecule has 41 heavy (non-hydrogen) atoms. The molecule has 4 rings (SSSR count). The van der Waals surface area contributed by atoms with Crippen molar-refractivity contribution in [3.05, 3.63) is 82.1 Å². The number of aromatic nitrogens is 2. The van der Waals surface area contributed by atoms with Crippen molar-refractivity contribution in [1.29, 1.82) is 0 Å². The highest BCUT2D eigenvalue weighted by atomic mass is 35.5. The number of carboxylic acids is 1. The first-order valence-electron chi connectivity index (χ1n) is 13.9. The summed E-state index contributed by atoms with van der Waals surface area (Å²) >= 11 is 6.08. The van der Waals surface area contributed by atoms with E-state index in [0.717, 1.165) is 36.3 Å². The number of amides is 1. The Bertz CT molecular complexity index is 1330. The highest BCUT2D eigenvalue weighted by Crippen LogP contribution is 2.35. The number of aromatic carboxylic acids is 1. The third-order valence-electron chi connectivity index (χ3n) is 6.68. The molecular formula is C31H37ClN4O5. The topological polar surface area (TPSA) is 114 Å². The van der Waals surface area contributed by atoms with Gasteiger partial charge in [0, 0.05) is 24.3 Å². The second-order valence-electron chi connectivity index (χ2n) is 11.0. The fourth-order valence-electron chi connectivity index (χ4n) is 4.73. The maximum atomic E-state index is 11.9. The van der Waals surface area contributed by atoms with Gasteiger partial charge in [-0.1, -0.05) is 35.9 Å². The van der Waals surface area contributed by atoms with Crippen LogP contribution in [0.2, 0.25) is 5.02 Å². The van der Waals surface area contributed by atoms with E-state index in [2.05, 4.69) is 15.2 Å². The Hall–Kier alpha value is -3.85. The summed E-state index contributed by atoms with van der Waals surface area (Å²) in [6.07, 6.45) is 4.68. The Morgan fingerprint density at radius 3 is 2.51 bits per heavy atom. The SMILES string of the molecule is CC(C)(C)OC(=O)NCCCOc1ccc(CCc2nc(N3CCC[C@H]3c3ccc(Cl)cc3)ncc2C(=O)O)cc1. The normalized spacial score (nSPS) is 15.0. The summed E-state index contributed by atoms with van der Waals surface area (Å²) in [4.78, 5) is 34.9. The molecule has 0 spiro atoms. The van der Waals surface area contributed by atoms with Crippen LogP contribution in [-0.2, 0) is 17.6 Å². The molecule has 1 atom stereocenters. The van der Waals surface area contributed by atoms with Crippen molar-refractivity contribution in [1.82, 2.24) is 15.3 Å². The highest BCUT2D eigenvalue weighted by Gasteiger charge is 2.29. The van der Waals surface area contributed by atoms with Crippen LogP contribution in [0, 0.1) is 0 Å². The first kappa shape index (κ1) is 30.1. The zero-order chi connectivity index (χ0) is 29.4. The molecule has 1 fully saturated rings. The number of carbonyl (C=O) groups excluding carboxylic acids is 1. The fraction of sp³-hybridized carbons (Fsp3) is 0.419. The molecule has 2 aromatic carbocycles. The molecule has 1 aliphatic rings. The smallest absolute Gasteiger partial charge is 0.407 e.